The number of alkyl halides is 3. The van der Waals surface area contributed by atoms with Crippen molar-refractivity contribution in [1.82, 2.24) is 0 Å². The van der Waals surface area contributed by atoms with E-state index in [1.807, 2.05) is 33.8 Å². The number of phenols is 2. The number of ether oxygens (including phenoxy) is 3. The van der Waals surface area contributed by atoms with E-state index in [0.717, 1.165) is 24.8 Å². The molecule has 0 unspecified atom stereocenters. The topological polar surface area (TPSA) is 136 Å². The molecule has 276 valence electrons. The molecule has 0 amide bonds. The van der Waals surface area contributed by atoms with Crippen LogP contribution in [0.4, 0.5) is 13.2 Å². The van der Waals surface area contributed by atoms with Gasteiger partial charge in [-0.3, -0.25) is 4.79 Å². The molecule has 12 heteroatoms. The smallest absolute Gasteiger partial charge is 0.432 e. The molecule has 0 saturated carbocycles. The van der Waals surface area contributed by atoms with E-state index in [9.17, 15) is 38.1 Å². The quantitative estimate of drug-likeness (QED) is 0.109. The van der Waals surface area contributed by atoms with Crippen LogP contribution in [0.15, 0.2) is 81.5 Å². The summed E-state index contributed by atoms with van der Waals surface area (Å²) in [4.78, 5) is 27.2. The van der Waals surface area contributed by atoms with E-state index in [0.29, 0.717) is 24.0 Å². The maximum Gasteiger partial charge on any atom is 0.432 e. The first-order chi connectivity index (χ1) is 24.3. The van der Waals surface area contributed by atoms with Gasteiger partial charge in [0.2, 0.25) is 11.2 Å². The molecule has 4 aromatic rings. The van der Waals surface area contributed by atoms with Crippen molar-refractivity contribution in [3.8, 4) is 34.3 Å². The molecular formula is C40H41F3O9. The van der Waals surface area contributed by atoms with Crippen molar-refractivity contribution in [2.24, 2.45) is 0 Å². The van der Waals surface area contributed by atoms with Gasteiger partial charge in [0.25, 0.3) is 5.60 Å². The van der Waals surface area contributed by atoms with E-state index >= 15 is 0 Å². The summed E-state index contributed by atoms with van der Waals surface area (Å²) >= 11 is 0. The molecule has 0 radical (unpaired) electrons. The number of phenolic OH excluding ortho intramolecular Hbond substituents is 2. The minimum atomic E-state index is -5.20. The monoisotopic (exact) mass is 722 g/mol. The number of aromatic hydroxyl groups is 3. The first-order valence-corrected chi connectivity index (χ1v) is 16.6. The molecule has 1 aromatic heterocycles. The van der Waals surface area contributed by atoms with Gasteiger partial charge in [0, 0.05) is 35.8 Å². The molecule has 0 spiro atoms. The highest BCUT2D eigenvalue weighted by Crippen LogP contribution is 2.48. The van der Waals surface area contributed by atoms with Gasteiger partial charge in [-0.15, -0.1) is 0 Å². The van der Waals surface area contributed by atoms with Gasteiger partial charge in [0.05, 0.1) is 0 Å². The van der Waals surface area contributed by atoms with Gasteiger partial charge in [-0.1, -0.05) is 60.7 Å². The minimum absolute atomic E-state index is 0.00628. The fraction of sp³-hybridized carbons (Fsp3) is 0.350. The summed E-state index contributed by atoms with van der Waals surface area (Å²) in [7, 11) is 0.761. The zero-order valence-corrected chi connectivity index (χ0v) is 29.7. The summed E-state index contributed by atoms with van der Waals surface area (Å²) in [6.07, 6.45) is -3.73. The number of hydrogen-bond acceptors (Lipinski definition) is 9. The van der Waals surface area contributed by atoms with Crippen molar-refractivity contribution in [3.05, 3.63) is 105 Å². The molecule has 0 saturated heterocycles. The Labute approximate surface area is 298 Å². The third-order valence-electron chi connectivity index (χ3n) is 9.23. The van der Waals surface area contributed by atoms with Crippen LogP contribution in [0.25, 0.3) is 22.3 Å². The lowest BCUT2D eigenvalue weighted by Crippen LogP contribution is -2.52. The third-order valence-corrected chi connectivity index (χ3v) is 9.23. The summed E-state index contributed by atoms with van der Waals surface area (Å²) in [5, 5.41) is 33.7. The predicted molar refractivity (Wildman–Crippen MR) is 189 cm³/mol. The lowest BCUT2D eigenvalue weighted by atomic mass is 9.89. The highest BCUT2D eigenvalue weighted by molar-refractivity contribution is 5.93. The number of benzene rings is 3. The largest absolute Gasteiger partial charge is 0.508 e. The Kier molecular flexibility index (Phi) is 10.3. The summed E-state index contributed by atoms with van der Waals surface area (Å²) in [6.45, 7) is 12.7. The fourth-order valence-electron chi connectivity index (χ4n) is 6.28. The SMILES string of the molecule is C=C(C)[C@H](Cc1ccc(-c2oc3c(CC=C(C)C)c(O)c4c(c3c(=O)c2O)OC(C)(C)CC4)cc1O)OC(=O)[C@](OC)(c1ccccc1)C(F)(F)F. The Hall–Kier alpha value is -5.23. The third kappa shape index (κ3) is 6.87. The number of hydrogen-bond donors (Lipinski definition) is 3. The van der Waals surface area contributed by atoms with Gasteiger partial charge < -0.3 is 33.9 Å². The second-order valence-electron chi connectivity index (χ2n) is 13.8. The van der Waals surface area contributed by atoms with Gasteiger partial charge in [-0.05, 0) is 71.1 Å². The molecule has 2 atom stereocenters. The standard InChI is InChI=1S/C40H41F3O9/c1-21(2)13-16-26-31(45)27-17-18-38(5,6)52-36(27)30-32(46)33(47)34(51-35(26)30)24-15-14-23(28(44)19-24)20-29(22(3)4)50-37(48)39(49-7,40(41,42)43)25-11-9-8-10-12-25/h8-15,19,29,44-45,47H,3,16-18,20H2,1-2,4-7H3/t29-,39+/m0/s1. The molecule has 9 nitrogen and oxygen atoms in total. The lowest BCUT2D eigenvalue weighted by molar-refractivity contribution is -0.277. The van der Waals surface area contributed by atoms with Crippen molar-refractivity contribution >= 4 is 16.9 Å². The lowest BCUT2D eigenvalue weighted by Gasteiger charge is -2.34. The molecule has 3 aromatic carbocycles. The molecule has 0 bridgehead atoms. The van der Waals surface area contributed by atoms with E-state index in [1.54, 1.807) is 0 Å². The Bertz CT molecular complexity index is 2130. The molecule has 3 N–H and O–H groups in total. The highest BCUT2D eigenvalue weighted by Gasteiger charge is 2.64. The summed E-state index contributed by atoms with van der Waals surface area (Å²) < 4.78 is 66.1. The van der Waals surface area contributed by atoms with Gasteiger partial charge in [-0.2, -0.15) is 13.2 Å². The van der Waals surface area contributed by atoms with Gasteiger partial charge >= 0.3 is 12.1 Å². The summed E-state index contributed by atoms with van der Waals surface area (Å²) in [6, 6.07) is 10.4. The average Bonchev–Trinajstić information content (AvgIpc) is 3.06. The Morgan fingerprint density at radius 2 is 1.73 bits per heavy atom. The molecular weight excluding hydrogens is 681 g/mol. The average molecular weight is 723 g/mol. The van der Waals surface area contributed by atoms with Crippen LogP contribution in [0.3, 0.4) is 0 Å². The number of carbonyl (C=O) groups excluding carboxylic acids is 1. The Morgan fingerprint density at radius 3 is 2.31 bits per heavy atom. The number of fused-ring (bicyclic) bond motifs is 3. The number of rotatable bonds is 10. The van der Waals surface area contributed by atoms with Gasteiger partial charge in [0.1, 0.15) is 39.9 Å². The fourth-order valence-corrected chi connectivity index (χ4v) is 6.28. The van der Waals surface area contributed by atoms with Gasteiger partial charge in [0.15, 0.2) is 5.76 Å². The molecule has 0 aliphatic carbocycles. The van der Waals surface area contributed by atoms with Crippen LogP contribution >= 0.6 is 0 Å². The van der Waals surface area contributed by atoms with E-state index in [4.69, 9.17) is 18.6 Å². The zero-order chi connectivity index (χ0) is 38.3. The van der Waals surface area contributed by atoms with Crippen LogP contribution in [0, 0.1) is 0 Å². The van der Waals surface area contributed by atoms with Crippen molar-refractivity contribution in [2.45, 2.75) is 83.8 Å². The van der Waals surface area contributed by atoms with E-state index < -0.39 is 51.9 Å². The van der Waals surface area contributed by atoms with Crippen molar-refractivity contribution < 1.29 is 51.9 Å². The molecule has 2 heterocycles. The number of allylic oxidation sites excluding steroid dienone is 2. The van der Waals surface area contributed by atoms with Crippen LogP contribution in [0.5, 0.6) is 23.0 Å². The summed E-state index contributed by atoms with van der Waals surface area (Å²) in [5.74, 6) is -3.12. The second kappa shape index (κ2) is 14.1. The molecule has 5 rings (SSSR count). The van der Waals surface area contributed by atoms with Crippen LogP contribution in [0.1, 0.15) is 63.3 Å². The number of methoxy groups -OCH3 is 1. The zero-order valence-electron chi connectivity index (χ0n) is 29.7. The number of halogens is 3. The second-order valence-corrected chi connectivity index (χ2v) is 13.8. The van der Waals surface area contributed by atoms with Crippen LogP contribution in [-0.4, -0.2) is 46.3 Å². The molecule has 1 aliphatic rings. The maximum atomic E-state index is 14.5. The summed E-state index contributed by atoms with van der Waals surface area (Å²) in [5.41, 5.74) is -3.23. The van der Waals surface area contributed by atoms with Crippen LogP contribution in [0.2, 0.25) is 0 Å². The Morgan fingerprint density at radius 1 is 1.06 bits per heavy atom. The van der Waals surface area contributed by atoms with Crippen molar-refractivity contribution in [1.29, 1.82) is 0 Å². The molecule has 52 heavy (non-hydrogen) atoms. The van der Waals surface area contributed by atoms with E-state index in [1.165, 1.54) is 43.3 Å². The first-order valence-electron chi connectivity index (χ1n) is 16.6. The van der Waals surface area contributed by atoms with Crippen molar-refractivity contribution in [3.63, 3.8) is 0 Å². The normalized spacial score (nSPS) is 15.6. The molecule has 0 fully saturated rings. The van der Waals surface area contributed by atoms with E-state index in [2.05, 4.69) is 6.58 Å². The van der Waals surface area contributed by atoms with Crippen molar-refractivity contribution in [2.75, 3.05) is 7.11 Å². The minimum Gasteiger partial charge on any atom is -0.508 e. The van der Waals surface area contributed by atoms with E-state index in [-0.39, 0.29) is 57.8 Å². The highest BCUT2D eigenvalue weighted by atomic mass is 19.4. The first kappa shape index (κ1) is 38.0. The van der Waals surface area contributed by atoms with Gasteiger partial charge in [-0.25, -0.2) is 4.79 Å². The predicted octanol–water partition coefficient (Wildman–Crippen LogP) is 8.32. The Balaban J connectivity index is 1.55. The number of carbonyl (C=O) groups is 1. The molecule has 1 aliphatic heterocycles. The maximum absolute atomic E-state index is 14.5. The number of esters is 1. The van der Waals surface area contributed by atoms with Crippen LogP contribution < -0.4 is 10.2 Å². The van der Waals surface area contributed by atoms with Crippen LogP contribution in [-0.2, 0) is 39.1 Å².